The molecule has 0 saturated heterocycles. The number of hydrogen-bond donors (Lipinski definition) is 0. The molecule has 0 heterocycles. The van der Waals surface area contributed by atoms with Crippen LogP contribution in [0.15, 0.2) is 122 Å². The maximum absolute atomic E-state index is 12.7. The molecule has 0 rings (SSSR count). The highest BCUT2D eigenvalue weighted by atomic mass is 16.6. The second-order valence-corrected chi connectivity index (χ2v) is 16.7. The van der Waals surface area contributed by atoms with E-state index in [-0.39, 0.29) is 37.5 Å². The Balaban J connectivity index is 4.36. The molecule has 65 heavy (non-hydrogen) atoms. The third-order valence-electron chi connectivity index (χ3n) is 10.5. The van der Waals surface area contributed by atoms with Crippen molar-refractivity contribution in [2.75, 3.05) is 13.2 Å². The summed E-state index contributed by atoms with van der Waals surface area (Å²) in [5.74, 6) is -0.992. The molecule has 0 aliphatic heterocycles. The first-order valence-electron chi connectivity index (χ1n) is 26.0. The third-order valence-corrected chi connectivity index (χ3v) is 10.5. The highest BCUT2D eigenvalue weighted by Crippen LogP contribution is 2.13. The largest absolute Gasteiger partial charge is 0.462 e. The maximum atomic E-state index is 12.7. The average Bonchev–Trinajstić information content (AvgIpc) is 3.30. The van der Waals surface area contributed by atoms with E-state index < -0.39 is 6.10 Å². The van der Waals surface area contributed by atoms with E-state index in [1.807, 2.05) is 0 Å². The van der Waals surface area contributed by atoms with Crippen LogP contribution >= 0.6 is 0 Å². The molecular weight excluding hydrogens is 805 g/mol. The van der Waals surface area contributed by atoms with Crippen molar-refractivity contribution in [3.8, 4) is 0 Å². The van der Waals surface area contributed by atoms with E-state index in [1.165, 1.54) is 51.4 Å². The van der Waals surface area contributed by atoms with Crippen LogP contribution in [-0.2, 0) is 28.6 Å². The molecule has 0 fully saturated rings. The summed E-state index contributed by atoms with van der Waals surface area (Å²) in [5.41, 5.74) is 0. The molecule has 366 valence electrons. The number of hydrogen-bond acceptors (Lipinski definition) is 6. The number of carbonyl (C=O) groups is 3. The Labute approximate surface area is 399 Å². The fraction of sp³-hybridized carbons (Fsp3) is 0.610. The zero-order valence-corrected chi connectivity index (χ0v) is 41.7. The molecule has 0 aromatic heterocycles. The van der Waals surface area contributed by atoms with Crippen LogP contribution in [0.5, 0.6) is 0 Å². The molecule has 6 heteroatoms. The number of carbonyl (C=O) groups excluding carboxylic acids is 3. The highest BCUT2D eigenvalue weighted by molar-refractivity contribution is 5.71. The standard InChI is InChI=1S/C59H94O6/c1-4-7-10-13-16-18-20-22-24-26-27-28-29-30-31-33-34-36-38-40-43-46-49-52-58(61)64-55-56(54-63-57(60)51-48-45-42-15-12-9-6-3)65-59(62)53-50-47-44-41-39-37-35-32-25-23-21-19-17-14-11-8-5-2/h7-8,10-11,16-19,22-25,27-28,30-31,35,37,41,44,56H,4-6,9,12-15,20-21,26,29,32-34,36,38-40,42-43,45-55H2,1-3H3/b10-7-,11-8-,18-16-,19-17-,24-22-,25-23-,28-27-,31-30-,37-35-,44-41-. The van der Waals surface area contributed by atoms with Crippen LogP contribution in [0.4, 0.5) is 0 Å². The smallest absolute Gasteiger partial charge is 0.306 e. The number of ether oxygens (including phenoxy) is 3. The predicted octanol–water partition coefficient (Wildman–Crippen LogP) is 17.3. The summed E-state index contributed by atoms with van der Waals surface area (Å²) in [6.07, 6.45) is 72.1. The second kappa shape index (κ2) is 52.4. The summed E-state index contributed by atoms with van der Waals surface area (Å²) in [7, 11) is 0. The van der Waals surface area contributed by atoms with Crippen LogP contribution in [0.25, 0.3) is 0 Å². The second-order valence-electron chi connectivity index (χ2n) is 16.7. The quantitative estimate of drug-likeness (QED) is 0.0262. The summed E-state index contributed by atoms with van der Waals surface area (Å²) in [6.45, 7) is 6.29. The summed E-state index contributed by atoms with van der Waals surface area (Å²) in [4.78, 5) is 37.8. The molecule has 0 spiro atoms. The van der Waals surface area contributed by atoms with Gasteiger partial charge in [-0.25, -0.2) is 0 Å². The number of esters is 3. The van der Waals surface area contributed by atoms with E-state index in [4.69, 9.17) is 14.2 Å². The van der Waals surface area contributed by atoms with Gasteiger partial charge in [-0.3, -0.25) is 14.4 Å². The van der Waals surface area contributed by atoms with E-state index in [9.17, 15) is 14.4 Å². The predicted molar refractivity (Wildman–Crippen MR) is 279 cm³/mol. The lowest BCUT2D eigenvalue weighted by atomic mass is 10.1. The summed E-state index contributed by atoms with van der Waals surface area (Å²) in [6, 6.07) is 0. The van der Waals surface area contributed by atoms with E-state index in [0.29, 0.717) is 19.3 Å². The average molecular weight is 899 g/mol. The normalized spacial score (nSPS) is 13.1. The molecule has 0 radical (unpaired) electrons. The van der Waals surface area contributed by atoms with Crippen LogP contribution in [0.2, 0.25) is 0 Å². The van der Waals surface area contributed by atoms with Crippen LogP contribution in [0, 0.1) is 0 Å². The Kier molecular flexibility index (Phi) is 49.1. The van der Waals surface area contributed by atoms with Crippen LogP contribution in [0.3, 0.4) is 0 Å². The van der Waals surface area contributed by atoms with Crippen molar-refractivity contribution in [1.82, 2.24) is 0 Å². The monoisotopic (exact) mass is 899 g/mol. The molecule has 0 aliphatic rings. The van der Waals surface area contributed by atoms with Gasteiger partial charge >= 0.3 is 17.9 Å². The molecule has 0 N–H and O–H groups in total. The van der Waals surface area contributed by atoms with Crippen molar-refractivity contribution in [3.63, 3.8) is 0 Å². The van der Waals surface area contributed by atoms with Gasteiger partial charge in [-0.2, -0.15) is 0 Å². The SMILES string of the molecule is CC/C=C\C/C=C\C/C=C\C/C=C\C/C=C\CCCCCCCCCC(=O)OCC(COC(=O)CCCCCCCCC)OC(=O)CCC/C=C\C/C=C\C/C=C\C/C=C\C/C=C\CC. The lowest BCUT2D eigenvalue weighted by molar-refractivity contribution is -0.167. The molecule has 0 amide bonds. The molecule has 6 nitrogen and oxygen atoms in total. The van der Waals surface area contributed by atoms with Crippen LogP contribution in [0.1, 0.15) is 213 Å². The summed E-state index contributed by atoms with van der Waals surface area (Å²) < 4.78 is 16.7. The molecule has 1 atom stereocenters. The molecular formula is C59H94O6. The first-order chi connectivity index (χ1) is 32.0. The molecule has 1 unspecified atom stereocenters. The first kappa shape index (κ1) is 60.8. The Morgan fingerprint density at radius 3 is 0.985 bits per heavy atom. The maximum Gasteiger partial charge on any atom is 0.306 e. The van der Waals surface area contributed by atoms with Crippen LogP contribution in [-0.4, -0.2) is 37.2 Å². The minimum Gasteiger partial charge on any atom is -0.462 e. The van der Waals surface area contributed by atoms with Crippen LogP contribution < -0.4 is 0 Å². The minimum atomic E-state index is -0.812. The van der Waals surface area contributed by atoms with Gasteiger partial charge in [0.2, 0.25) is 0 Å². The van der Waals surface area contributed by atoms with Crippen molar-refractivity contribution in [1.29, 1.82) is 0 Å². The van der Waals surface area contributed by atoms with Crippen molar-refractivity contribution in [3.05, 3.63) is 122 Å². The Morgan fingerprint density at radius 2 is 0.615 bits per heavy atom. The van der Waals surface area contributed by atoms with E-state index >= 15 is 0 Å². The zero-order chi connectivity index (χ0) is 47.2. The number of rotatable bonds is 45. The van der Waals surface area contributed by atoms with E-state index in [2.05, 4.69) is 142 Å². The van der Waals surface area contributed by atoms with Crippen molar-refractivity contribution in [2.24, 2.45) is 0 Å². The zero-order valence-electron chi connectivity index (χ0n) is 41.7. The molecule has 0 aliphatic carbocycles. The molecule has 0 saturated carbocycles. The minimum absolute atomic E-state index is 0.107. The Hall–Kier alpha value is -4.19. The van der Waals surface area contributed by atoms with Crippen molar-refractivity contribution in [2.45, 2.75) is 219 Å². The van der Waals surface area contributed by atoms with Gasteiger partial charge in [-0.15, -0.1) is 0 Å². The molecule has 0 aromatic rings. The van der Waals surface area contributed by atoms with Crippen molar-refractivity contribution >= 4 is 17.9 Å². The van der Waals surface area contributed by atoms with E-state index in [0.717, 1.165) is 116 Å². The van der Waals surface area contributed by atoms with Gasteiger partial charge in [0.25, 0.3) is 0 Å². The number of allylic oxidation sites excluding steroid dienone is 20. The Bertz CT molecular complexity index is 1400. The van der Waals surface area contributed by atoms with Gasteiger partial charge in [0.1, 0.15) is 13.2 Å². The third kappa shape index (κ3) is 50.7. The van der Waals surface area contributed by atoms with Gasteiger partial charge in [-0.1, -0.05) is 213 Å². The Morgan fingerprint density at radius 1 is 0.323 bits per heavy atom. The molecule has 0 aromatic carbocycles. The first-order valence-corrected chi connectivity index (χ1v) is 26.0. The topological polar surface area (TPSA) is 78.9 Å². The van der Waals surface area contributed by atoms with Gasteiger partial charge in [0.15, 0.2) is 6.10 Å². The van der Waals surface area contributed by atoms with Gasteiger partial charge in [0, 0.05) is 19.3 Å². The van der Waals surface area contributed by atoms with Crippen molar-refractivity contribution < 1.29 is 28.6 Å². The molecule has 0 bridgehead atoms. The highest BCUT2D eigenvalue weighted by Gasteiger charge is 2.19. The van der Waals surface area contributed by atoms with Gasteiger partial charge in [0.05, 0.1) is 0 Å². The lowest BCUT2D eigenvalue weighted by Crippen LogP contribution is -2.30. The lowest BCUT2D eigenvalue weighted by Gasteiger charge is -2.18. The van der Waals surface area contributed by atoms with Gasteiger partial charge < -0.3 is 14.2 Å². The summed E-state index contributed by atoms with van der Waals surface area (Å²) >= 11 is 0. The number of unbranched alkanes of at least 4 members (excludes halogenated alkanes) is 14. The van der Waals surface area contributed by atoms with E-state index in [1.54, 1.807) is 0 Å². The summed E-state index contributed by atoms with van der Waals surface area (Å²) in [5, 5.41) is 0. The fourth-order valence-corrected chi connectivity index (χ4v) is 6.62. The van der Waals surface area contributed by atoms with Gasteiger partial charge in [-0.05, 0) is 103 Å². The fourth-order valence-electron chi connectivity index (χ4n) is 6.62.